The molecule has 0 saturated heterocycles. The van der Waals surface area contributed by atoms with Gasteiger partial charge in [0.15, 0.2) is 0 Å². The van der Waals surface area contributed by atoms with E-state index in [1.54, 1.807) is 11.3 Å². The van der Waals surface area contributed by atoms with Crippen LogP contribution in [0.5, 0.6) is 0 Å². The number of rotatable bonds is 3. The Kier molecular flexibility index (Phi) is 6.21. The molecule has 0 bridgehead atoms. The molecule has 0 unspecified atom stereocenters. The predicted octanol–water partition coefficient (Wildman–Crippen LogP) is 3.98. The molecule has 1 nitrogen and oxygen atoms in total. The fourth-order valence-electron chi connectivity index (χ4n) is 1.15. The van der Waals surface area contributed by atoms with Gasteiger partial charge in [0, 0.05) is 20.8 Å². The molecule has 4 heteroatoms. The van der Waals surface area contributed by atoms with Crippen LogP contribution >= 0.6 is 39.7 Å². The summed E-state index contributed by atoms with van der Waals surface area (Å²) in [6, 6.07) is 2.32. The van der Waals surface area contributed by atoms with Gasteiger partial charge in [-0.1, -0.05) is 13.8 Å². The first-order chi connectivity index (χ1) is 5.59. The van der Waals surface area contributed by atoms with E-state index in [1.165, 1.54) is 4.88 Å². The van der Waals surface area contributed by atoms with Gasteiger partial charge in [0.1, 0.15) is 0 Å². The van der Waals surface area contributed by atoms with E-state index < -0.39 is 0 Å². The lowest BCUT2D eigenvalue weighted by Crippen LogP contribution is -2.11. The lowest BCUT2D eigenvalue weighted by Gasteiger charge is -2.11. The van der Waals surface area contributed by atoms with E-state index in [0.29, 0.717) is 5.92 Å². The van der Waals surface area contributed by atoms with E-state index in [2.05, 4.69) is 41.2 Å². The summed E-state index contributed by atoms with van der Waals surface area (Å²) in [5, 5.41) is 2.08. The van der Waals surface area contributed by atoms with Crippen LogP contribution in [0.1, 0.15) is 31.2 Å². The van der Waals surface area contributed by atoms with Gasteiger partial charge in [-0.25, -0.2) is 0 Å². The summed E-state index contributed by atoms with van der Waals surface area (Å²) < 4.78 is 1.14. The van der Waals surface area contributed by atoms with Gasteiger partial charge in [0.25, 0.3) is 0 Å². The summed E-state index contributed by atoms with van der Waals surface area (Å²) in [4.78, 5) is 1.27. The first-order valence-corrected chi connectivity index (χ1v) is 5.76. The standard InChI is InChI=1S/C9H14BrNS.ClH/c1-6(2)3-8(11)9-4-7(10)5-12-9;/h4-6,8H,3,11H2,1-2H3;1H/t8-;/m1./s1. The third kappa shape index (κ3) is 4.45. The van der Waals surface area contributed by atoms with E-state index in [0.717, 1.165) is 10.9 Å². The zero-order chi connectivity index (χ0) is 9.14. The van der Waals surface area contributed by atoms with E-state index in [-0.39, 0.29) is 18.4 Å². The average Bonchev–Trinajstić information content (AvgIpc) is 2.34. The van der Waals surface area contributed by atoms with Crippen molar-refractivity contribution in [1.29, 1.82) is 0 Å². The molecule has 0 fully saturated rings. The van der Waals surface area contributed by atoms with Crippen LogP contribution in [0.15, 0.2) is 15.9 Å². The second-order valence-electron chi connectivity index (χ2n) is 3.40. The van der Waals surface area contributed by atoms with Crippen molar-refractivity contribution in [2.24, 2.45) is 11.7 Å². The van der Waals surface area contributed by atoms with E-state index in [9.17, 15) is 0 Å². The number of nitrogens with two attached hydrogens (primary N) is 1. The largest absolute Gasteiger partial charge is 0.323 e. The van der Waals surface area contributed by atoms with Crippen molar-refractivity contribution >= 4 is 39.7 Å². The second-order valence-corrected chi connectivity index (χ2v) is 5.26. The van der Waals surface area contributed by atoms with Crippen LogP contribution in [-0.2, 0) is 0 Å². The minimum Gasteiger partial charge on any atom is -0.323 e. The minimum absolute atomic E-state index is 0. The Morgan fingerprint density at radius 3 is 2.54 bits per heavy atom. The molecule has 0 radical (unpaired) electrons. The maximum Gasteiger partial charge on any atom is 0.0392 e. The summed E-state index contributed by atoms with van der Waals surface area (Å²) in [6.45, 7) is 4.39. The van der Waals surface area contributed by atoms with Gasteiger partial charge < -0.3 is 5.73 Å². The maximum atomic E-state index is 6.00. The van der Waals surface area contributed by atoms with E-state index in [4.69, 9.17) is 5.73 Å². The van der Waals surface area contributed by atoms with Crippen molar-refractivity contribution in [3.05, 3.63) is 20.8 Å². The second kappa shape index (κ2) is 6.02. The van der Waals surface area contributed by atoms with Gasteiger partial charge in [-0.05, 0) is 34.3 Å². The van der Waals surface area contributed by atoms with E-state index >= 15 is 0 Å². The number of thiophene rings is 1. The van der Waals surface area contributed by atoms with Crippen molar-refractivity contribution in [1.82, 2.24) is 0 Å². The first kappa shape index (κ1) is 13.4. The smallest absolute Gasteiger partial charge is 0.0392 e. The highest BCUT2D eigenvalue weighted by molar-refractivity contribution is 9.10. The molecule has 1 rings (SSSR count). The lowest BCUT2D eigenvalue weighted by molar-refractivity contribution is 0.515. The summed E-state index contributed by atoms with van der Waals surface area (Å²) in [7, 11) is 0. The van der Waals surface area contributed by atoms with Gasteiger partial charge in [-0.15, -0.1) is 23.7 Å². The molecule has 0 spiro atoms. The third-order valence-corrected chi connectivity index (χ3v) is 3.50. The molecule has 1 atom stereocenters. The maximum absolute atomic E-state index is 6.00. The third-order valence-electron chi connectivity index (χ3n) is 1.68. The summed E-state index contributed by atoms with van der Waals surface area (Å²) in [5.41, 5.74) is 6.00. The quantitative estimate of drug-likeness (QED) is 0.893. The van der Waals surface area contributed by atoms with Crippen molar-refractivity contribution < 1.29 is 0 Å². The highest BCUT2D eigenvalue weighted by atomic mass is 79.9. The topological polar surface area (TPSA) is 26.0 Å². The van der Waals surface area contributed by atoms with E-state index in [1.807, 2.05) is 0 Å². The molecule has 0 amide bonds. The molecular weight excluding hydrogens is 270 g/mol. The van der Waals surface area contributed by atoms with Crippen LogP contribution in [0.2, 0.25) is 0 Å². The van der Waals surface area contributed by atoms with Crippen LogP contribution < -0.4 is 5.73 Å². The highest BCUT2D eigenvalue weighted by Gasteiger charge is 2.09. The molecule has 0 aliphatic rings. The van der Waals surface area contributed by atoms with Gasteiger partial charge in [0.2, 0.25) is 0 Å². The normalized spacial score (nSPS) is 12.7. The number of hydrogen-bond donors (Lipinski definition) is 1. The molecule has 0 aliphatic carbocycles. The molecule has 0 aliphatic heterocycles. The zero-order valence-corrected chi connectivity index (χ0v) is 11.0. The van der Waals surface area contributed by atoms with Crippen LogP contribution in [0, 0.1) is 5.92 Å². The van der Waals surface area contributed by atoms with Gasteiger partial charge >= 0.3 is 0 Å². The fourth-order valence-corrected chi connectivity index (χ4v) is 2.61. The summed E-state index contributed by atoms with van der Waals surface area (Å²) in [5.74, 6) is 0.667. The molecule has 1 heterocycles. The number of hydrogen-bond acceptors (Lipinski definition) is 2. The van der Waals surface area contributed by atoms with Crippen molar-refractivity contribution in [3.8, 4) is 0 Å². The number of halogens is 2. The first-order valence-electron chi connectivity index (χ1n) is 4.09. The Labute approximate surface area is 98.3 Å². The molecule has 1 aromatic heterocycles. The molecule has 1 aromatic rings. The van der Waals surface area contributed by atoms with Gasteiger partial charge in [-0.3, -0.25) is 0 Å². The molecule has 0 saturated carbocycles. The van der Waals surface area contributed by atoms with Crippen molar-refractivity contribution in [2.45, 2.75) is 26.3 Å². The van der Waals surface area contributed by atoms with Gasteiger partial charge in [0.05, 0.1) is 0 Å². The Hall–Kier alpha value is 0.430. The van der Waals surface area contributed by atoms with Gasteiger partial charge in [-0.2, -0.15) is 0 Å². The van der Waals surface area contributed by atoms with Crippen molar-refractivity contribution in [2.75, 3.05) is 0 Å². The highest BCUT2D eigenvalue weighted by Crippen LogP contribution is 2.27. The van der Waals surface area contributed by atoms with Crippen LogP contribution in [0.25, 0.3) is 0 Å². The fraction of sp³-hybridized carbons (Fsp3) is 0.556. The molecule has 0 aromatic carbocycles. The zero-order valence-electron chi connectivity index (χ0n) is 7.79. The monoisotopic (exact) mass is 283 g/mol. The minimum atomic E-state index is 0. The molecular formula is C9H15BrClNS. The molecule has 2 N–H and O–H groups in total. The summed E-state index contributed by atoms with van der Waals surface area (Å²) in [6.07, 6.45) is 1.06. The predicted molar refractivity (Wildman–Crippen MR) is 65.7 cm³/mol. The van der Waals surface area contributed by atoms with Crippen LogP contribution in [-0.4, -0.2) is 0 Å². The SMILES string of the molecule is CC(C)C[C@@H](N)c1cc(Br)cs1.Cl. The Bertz CT molecular complexity index is 250. The van der Waals surface area contributed by atoms with Crippen molar-refractivity contribution in [3.63, 3.8) is 0 Å². The molecule has 76 valence electrons. The average molecular weight is 285 g/mol. The Morgan fingerprint density at radius 1 is 1.54 bits per heavy atom. The van der Waals surface area contributed by atoms with Crippen LogP contribution in [0.3, 0.4) is 0 Å². The van der Waals surface area contributed by atoms with Crippen LogP contribution in [0.4, 0.5) is 0 Å². The summed E-state index contributed by atoms with van der Waals surface area (Å²) >= 11 is 5.15. The lowest BCUT2D eigenvalue weighted by atomic mass is 10.0. The Balaban J connectivity index is 0.00000144. The molecule has 13 heavy (non-hydrogen) atoms. The Morgan fingerprint density at radius 2 is 2.15 bits per heavy atom.